The molecule has 1 aromatic heterocycles. The number of carbonyl (C=O) groups excluding carboxylic acids is 2. The Morgan fingerprint density at radius 1 is 1.32 bits per heavy atom. The number of amides is 1. The zero-order chi connectivity index (χ0) is 19.9. The lowest BCUT2D eigenvalue weighted by atomic mass is 10.0. The molecule has 1 fully saturated rings. The molecule has 0 spiro atoms. The normalized spacial score (nSPS) is 20.5. The van der Waals surface area contributed by atoms with E-state index in [1.165, 1.54) is 0 Å². The second kappa shape index (κ2) is 10.0. The fraction of sp³-hybridized carbons (Fsp3) is 0.526. The third-order valence-electron chi connectivity index (χ3n) is 4.97. The molecular formula is C19H27N5O3S. The van der Waals surface area contributed by atoms with Crippen molar-refractivity contribution in [2.75, 3.05) is 26.2 Å². The SMILES string of the molecule is NC(=O)CN1CC(c2nc3ccccc3s2)NCC1C(=O)CCCCCNO. The molecule has 1 amide bonds. The van der Waals surface area contributed by atoms with Crippen LogP contribution in [0, 0.1) is 0 Å². The lowest BCUT2D eigenvalue weighted by molar-refractivity contribution is -0.127. The molecule has 5 N–H and O–H groups in total. The minimum absolute atomic E-state index is 0.0311. The Hall–Kier alpha value is -1.91. The number of aromatic nitrogens is 1. The molecule has 2 atom stereocenters. The number of hydroxylamine groups is 1. The molecule has 1 aliphatic rings. The largest absolute Gasteiger partial charge is 0.369 e. The molecule has 0 bridgehead atoms. The summed E-state index contributed by atoms with van der Waals surface area (Å²) >= 11 is 1.63. The number of unbranched alkanes of at least 4 members (excludes halogenated alkanes) is 2. The Bertz CT molecular complexity index is 779. The van der Waals surface area contributed by atoms with Crippen molar-refractivity contribution >= 4 is 33.2 Å². The summed E-state index contributed by atoms with van der Waals surface area (Å²) in [5.74, 6) is -0.315. The number of carbonyl (C=O) groups is 2. The van der Waals surface area contributed by atoms with Gasteiger partial charge in [-0.3, -0.25) is 14.5 Å². The van der Waals surface area contributed by atoms with Crippen LogP contribution in [0.4, 0.5) is 0 Å². The Morgan fingerprint density at radius 2 is 2.14 bits per heavy atom. The molecule has 1 aliphatic heterocycles. The smallest absolute Gasteiger partial charge is 0.231 e. The molecule has 1 saturated heterocycles. The number of para-hydroxylation sites is 1. The van der Waals surface area contributed by atoms with Gasteiger partial charge in [-0.25, -0.2) is 10.5 Å². The number of primary amides is 1. The number of hydrogen-bond donors (Lipinski definition) is 4. The number of ketones is 1. The molecule has 0 saturated carbocycles. The van der Waals surface area contributed by atoms with Crippen LogP contribution < -0.4 is 16.5 Å². The van der Waals surface area contributed by atoms with Gasteiger partial charge in [0, 0.05) is 26.1 Å². The first-order valence-corrected chi connectivity index (χ1v) is 10.4. The van der Waals surface area contributed by atoms with E-state index in [1.54, 1.807) is 11.3 Å². The van der Waals surface area contributed by atoms with Crippen LogP contribution in [0.25, 0.3) is 10.2 Å². The molecule has 152 valence electrons. The summed E-state index contributed by atoms with van der Waals surface area (Å²) in [4.78, 5) is 30.8. The van der Waals surface area contributed by atoms with Crippen LogP contribution in [0.5, 0.6) is 0 Å². The molecule has 3 rings (SSSR count). The predicted octanol–water partition coefficient (Wildman–Crippen LogP) is 1.20. The van der Waals surface area contributed by atoms with E-state index in [0.717, 1.165) is 34.5 Å². The lowest BCUT2D eigenvalue weighted by Crippen LogP contribution is -2.57. The highest BCUT2D eigenvalue weighted by atomic mass is 32.1. The first-order chi connectivity index (χ1) is 13.6. The highest BCUT2D eigenvalue weighted by Gasteiger charge is 2.34. The average Bonchev–Trinajstić information content (AvgIpc) is 3.11. The van der Waals surface area contributed by atoms with E-state index in [9.17, 15) is 9.59 Å². The Morgan fingerprint density at radius 3 is 2.89 bits per heavy atom. The molecule has 0 radical (unpaired) electrons. The standard InChI is InChI=1S/C19H27N5O3S/c20-18(26)12-24-11-14(19-23-13-6-3-4-8-17(13)28-19)21-10-15(24)16(25)7-2-1-5-9-22-27/h3-4,6,8,14-15,21-22,27H,1-2,5,7,9-12H2,(H2,20,26). The number of nitrogens with one attached hydrogen (secondary N) is 2. The van der Waals surface area contributed by atoms with Crippen molar-refractivity contribution in [3.05, 3.63) is 29.3 Å². The van der Waals surface area contributed by atoms with E-state index in [-0.39, 0.29) is 24.4 Å². The number of thiazole rings is 1. The fourth-order valence-electron chi connectivity index (χ4n) is 3.55. The summed E-state index contributed by atoms with van der Waals surface area (Å²) in [5.41, 5.74) is 8.51. The van der Waals surface area contributed by atoms with E-state index in [0.29, 0.717) is 26.1 Å². The summed E-state index contributed by atoms with van der Waals surface area (Å²) in [6, 6.07) is 7.59. The van der Waals surface area contributed by atoms with E-state index in [1.807, 2.05) is 29.2 Å². The van der Waals surface area contributed by atoms with E-state index >= 15 is 0 Å². The lowest BCUT2D eigenvalue weighted by Gasteiger charge is -2.38. The molecule has 0 aliphatic carbocycles. The molecule has 1 aromatic carbocycles. The number of fused-ring (bicyclic) bond motifs is 1. The number of hydrogen-bond acceptors (Lipinski definition) is 8. The van der Waals surface area contributed by atoms with Crippen molar-refractivity contribution in [2.24, 2.45) is 5.73 Å². The van der Waals surface area contributed by atoms with Gasteiger partial charge in [0.2, 0.25) is 5.91 Å². The molecule has 9 heteroatoms. The maximum absolute atomic E-state index is 12.7. The minimum Gasteiger partial charge on any atom is -0.369 e. The van der Waals surface area contributed by atoms with Gasteiger partial charge >= 0.3 is 0 Å². The Kier molecular flexibility index (Phi) is 7.46. The first kappa shape index (κ1) is 20.8. The van der Waals surface area contributed by atoms with Gasteiger partial charge in [-0.15, -0.1) is 11.3 Å². The summed E-state index contributed by atoms with van der Waals surface area (Å²) < 4.78 is 1.12. The van der Waals surface area contributed by atoms with Gasteiger partial charge in [0.15, 0.2) is 5.78 Å². The Labute approximate surface area is 168 Å². The van der Waals surface area contributed by atoms with Crippen molar-refractivity contribution in [3.8, 4) is 0 Å². The fourth-order valence-corrected chi connectivity index (χ4v) is 4.59. The third kappa shape index (κ3) is 5.33. The van der Waals surface area contributed by atoms with E-state index in [4.69, 9.17) is 15.9 Å². The second-order valence-corrected chi connectivity index (χ2v) is 8.14. The van der Waals surface area contributed by atoms with Gasteiger partial charge in [-0.2, -0.15) is 0 Å². The summed E-state index contributed by atoms with van der Waals surface area (Å²) in [5, 5.41) is 13.0. The van der Waals surface area contributed by atoms with Crippen molar-refractivity contribution in [2.45, 2.75) is 37.8 Å². The average molecular weight is 406 g/mol. The van der Waals surface area contributed by atoms with Crippen LogP contribution in [0.15, 0.2) is 24.3 Å². The Balaban J connectivity index is 1.63. The zero-order valence-electron chi connectivity index (χ0n) is 15.8. The molecule has 2 heterocycles. The van der Waals surface area contributed by atoms with Gasteiger partial charge in [0.05, 0.1) is 28.8 Å². The quantitative estimate of drug-likeness (QED) is 0.346. The van der Waals surface area contributed by atoms with Gasteiger partial charge in [-0.1, -0.05) is 18.6 Å². The van der Waals surface area contributed by atoms with Crippen LogP contribution in [0.2, 0.25) is 0 Å². The number of nitrogens with zero attached hydrogens (tertiary/aromatic N) is 2. The third-order valence-corrected chi connectivity index (χ3v) is 6.12. The molecule has 28 heavy (non-hydrogen) atoms. The van der Waals surface area contributed by atoms with Crippen molar-refractivity contribution < 1.29 is 14.8 Å². The van der Waals surface area contributed by atoms with E-state index in [2.05, 4.69) is 10.8 Å². The van der Waals surface area contributed by atoms with Crippen LogP contribution in [0.3, 0.4) is 0 Å². The summed E-state index contributed by atoms with van der Waals surface area (Å²) in [7, 11) is 0. The topological polar surface area (TPSA) is 121 Å². The molecule has 2 aromatic rings. The second-order valence-electron chi connectivity index (χ2n) is 7.08. The predicted molar refractivity (Wildman–Crippen MR) is 108 cm³/mol. The summed E-state index contributed by atoms with van der Waals surface area (Å²) in [6.07, 6.45) is 2.91. The first-order valence-electron chi connectivity index (χ1n) is 9.59. The highest BCUT2D eigenvalue weighted by Crippen LogP contribution is 2.29. The number of Topliss-reactive ketones (excluding diaryl/α,β-unsaturated/α-hetero) is 1. The minimum atomic E-state index is -0.434. The highest BCUT2D eigenvalue weighted by molar-refractivity contribution is 7.18. The maximum atomic E-state index is 12.7. The molecule has 2 unspecified atom stereocenters. The van der Waals surface area contributed by atoms with E-state index < -0.39 is 5.91 Å². The number of rotatable bonds is 10. The molecule has 8 nitrogen and oxygen atoms in total. The van der Waals surface area contributed by atoms with Crippen molar-refractivity contribution in [1.29, 1.82) is 0 Å². The van der Waals surface area contributed by atoms with Gasteiger partial charge in [0.25, 0.3) is 0 Å². The zero-order valence-corrected chi connectivity index (χ0v) is 16.6. The van der Waals surface area contributed by atoms with Gasteiger partial charge in [0.1, 0.15) is 5.01 Å². The van der Waals surface area contributed by atoms with Gasteiger partial charge < -0.3 is 16.3 Å². The number of benzene rings is 1. The maximum Gasteiger partial charge on any atom is 0.231 e. The number of nitrogens with two attached hydrogens (primary N) is 1. The van der Waals surface area contributed by atoms with Crippen LogP contribution >= 0.6 is 11.3 Å². The van der Waals surface area contributed by atoms with Crippen molar-refractivity contribution in [1.82, 2.24) is 20.7 Å². The number of piperazine rings is 1. The molecular weight excluding hydrogens is 378 g/mol. The van der Waals surface area contributed by atoms with Gasteiger partial charge in [-0.05, 0) is 25.0 Å². The van der Waals surface area contributed by atoms with Crippen LogP contribution in [-0.2, 0) is 9.59 Å². The van der Waals surface area contributed by atoms with Crippen LogP contribution in [-0.4, -0.2) is 59.0 Å². The summed E-state index contributed by atoms with van der Waals surface area (Å²) in [6.45, 7) is 1.59. The monoisotopic (exact) mass is 405 g/mol. The van der Waals surface area contributed by atoms with Crippen molar-refractivity contribution in [3.63, 3.8) is 0 Å². The van der Waals surface area contributed by atoms with Crippen LogP contribution in [0.1, 0.15) is 36.7 Å².